The SMILES string of the molecule is CC.CC1CN(C)C(C)(C)CC(C)(C)CC(F)(CNC2CC(C)(C)CC(C)(C)N(C)CC(C)(C)C2(C)C)C(C)(C)C1. The summed E-state index contributed by atoms with van der Waals surface area (Å²) in [7, 11) is 4.55. The van der Waals surface area contributed by atoms with E-state index >= 15 is 4.39 Å². The predicted molar refractivity (Wildman–Crippen MR) is 182 cm³/mol. The Kier molecular flexibility index (Phi) is 12.0. The Hall–Kier alpha value is -0.190. The first-order valence-electron chi connectivity index (χ1n) is 16.9. The zero-order chi connectivity index (χ0) is 32.7. The van der Waals surface area contributed by atoms with Crippen LogP contribution < -0.4 is 5.32 Å². The van der Waals surface area contributed by atoms with Crippen LogP contribution in [-0.2, 0) is 0 Å². The van der Waals surface area contributed by atoms with Crippen LogP contribution in [0.4, 0.5) is 4.39 Å². The van der Waals surface area contributed by atoms with Crippen molar-refractivity contribution in [3.8, 4) is 0 Å². The topological polar surface area (TPSA) is 18.5 Å². The van der Waals surface area contributed by atoms with Crippen molar-refractivity contribution in [2.75, 3.05) is 33.7 Å². The summed E-state index contributed by atoms with van der Waals surface area (Å²) in [6, 6.07) is 0.228. The maximum absolute atomic E-state index is 17.9. The molecule has 3 nitrogen and oxygen atoms in total. The molecular formula is C37H76FN3. The van der Waals surface area contributed by atoms with Gasteiger partial charge in [-0.1, -0.05) is 90.0 Å². The fourth-order valence-electron chi connectivity index (χ4n) is 8.78. The van der Waals surface area contributed by atoms with Gasteiger partial charge >= 0.3 is 0 Å². The Morgan fingerprint density at radius 2 is 1.12 bits per heavy atom. The Morgan fingerprint density at radius 3 is 1.63 bits per heavy atom. The second kappa shape index (κ2) is 12.7. The second-order valence-electron chi connectivity index (χ2n) is 19.1. The molecule has 3 atom stereocenters. The lowest BCUT2D eigenvalue weighted by molar-refractivity contribution is -0.0664. The lowest BCUT2D eigenvalue weighted by Gasteiger charge is -2.53. The van der Waals surface area contributed by atoms with Crippen molar-refractivity contribution in [1.29, 1.82) is 0 Å². The Labute approximate surface area is 258 Å². The van der Waals surface area contributed by atoms with Gasteiger partial charge in [-0.05, 0) is 101 Å². The minimum Gasteiger partial charge on any atom is -0.310 e. The first kappa shape index (κ1) is 38.8. The zero-order valence-electron chi connectivity index (χ0n) is 31.6. The number of nitrogens with zero attached hydrogens (tertiary/aromatic N) is 2. The van der Waals surface area contributed by atoms with Crippen molar-refractivity contribution < 1.29 is 4.39 Å². The molecule has 0 aromatic heterocycles. The van der Waals surface area contributed by atoms with Crippen LogP contribution in [0.2, 0.25) is 0 Å². The Balaban J connectivity index is 0.00000411. The van der Waals surface area contributed by atoms with Crippen molar-refractivity contribution in [3.05, 3.63) is 0 Å². The van der Waals surface area contributed by atoms with Crippen molar-refractivity contribution in [2.24, 2.45) is 33.0 Å². The van der Waals surface area contributed by atoms with Crippen LogP contribution in [0, 0.1) is 33.0 Å². The number of halogens is 1. The molecule has 246 valence electrons. The molecule has 2 rings (SSSR count). The number of alkyl halides is 1. The molecule has 2 fully saturated rings. The van der Waals surface area contributed by atoms with Crippen molar-refractivity contribution in [2.45, 2.75) is 173 Å². The van der Waals surface area contributed by atoms with Gasteiger partial charge in [0.2, 0.25) is 0 Å². The maximum Gasteiger partial charge on any atom is 0.129 e. The highest BCUT2D eigenvalue weighted by Crippen LogP contribution is 2.52. The first-order chi connectivity index (χ1) is 18.1. The molecule has 0 aliphatic carbocycles. The fraction of sp³-hybridized carbons (Fsp3) is 1.00. The lowest BCUT2D eigenvalue weighted by atomic mass is 9.60. The highest BCUT2D eigenvalue weighted by atomic mass is 19.1. The number of nitrogens with one attached hydrogen (secondary N) is 1. The summed E-state index contributed by atoms with van der Waals surface area (Å²) in [6.45, 7) is 41.8. The molecule has 2 aliphatic heterocycles. The summed E-state index contributed by atoms with van der Waals surface area (Å²) >= 11 is 0. The highest BCUT2D eigenvalue weighted by molar-refractivity contribution is 5.06. The summed E-state index contributed by atoms with van der Waals surface area (Å²) in [5.74, 6) is 0.442. The zero-order valence-corrected chi connectivity index (χ0v) is 31.6. The van der Waals surface area contributed by atoms with Gasteiger partial charge in [-0.3, -0.25) is 0 Å². The largest absolute Gasteiger partial charge is 0.310 e. The van der Waals surface area contributed by atoms with Crippen LogP contribution in [0.25, 0.3) is 0 Å². The molecule has 0 aromatic rings. The van der Waals surface area contributed by atoms with E-state index in [4.69, 9.17) is 0 Å². The van der Waals surface area contributed by atoms with Gasteiger partial charge in [0.25, 0.3) is 0 Å². The van der Waals surface area contributed by atoms with Crippen molar-refractivity contribution in [3.63, 3.8) is 0 Å². The van der Waals surface area contributed by atoms with Gasteiger partial charge in [-0.15, -0.1) is 0 Å². The molecule has 0 spiro atoms. The van der Waals surface area contributed by atoms with Gasteiger partial charge in [0.05, 0.1) is 0 Å². The van der Waals surface area contributed by atoms with Crippen LogP contribution in [0.1, 0.15) is 150 Å². The highest BCUT2D eigenvalue weighted by Gasteiger charge is 2.53. The third-order valence-corrected chi connectivity index (χ3v) is 11.9. The molecule has 0 saturated carbocycles. The van der Waals surface area contributed by atoms with Crippen LogP contribution in [0.15, 0.2) is 0 Å². The molecule has 2 aliphatic rings. The molecule has 0 radical (unpaired) electrons. The number of hydrogen-bond acceptors (Lipinski definition) is 3. The van der Waals surface area contributed by atoms with Gasteiger partial charge in [0, 0.05) is 42.2 Å². The van der Waals surface area contributed by atoms with E-state index in [9.17, 15) is 0 Å². The van der Waals surface area contributed by atoms with Crippen molar-refractivity contribution >= 4 is 0 Å². The average molecular weight is 582 g/mol. The van der Waals surface area contributed by atoms with E-state index in [0.29, 0.717) is 18.9 Å². The minimum absolute atomic E-state index is 0.0110. The van der Waals surface area contributed by atoms with Crippen LogP contribution in [0.3, 0.4) is 0 Å². The van der Waals surface area contributed by atoms with Gasteiger partial charge in [-0.25, -0.2) is 4.39 Å². The molecule has 4 heteroatoms. The summed E-state index contributed by atoms with van der Waals surface area (Å²) in [5.41, 5.74) is -1.47. The normalized spacial score (nSPS) is 35.1. The molecule has 2 heterocycles. The molecule has 1 N–H and O–H groups in total. The molecule has 0 aromatic carbocycles. The van der Waals surface area contributed by atoms with E-state index in [1.807, 2.05) is 13.8 Å². The molecular weight excluding hydrogens is 505 g/mol. The summed E-state index contributed by atoms with van der Waals surface area (Å²) in [4.78, 5) is 5.09. The van der Waals surface area contributed by atoms with Crippen LogP contribution in [0.5, 0.6) is 0 Å². The lowest BCUT2D eigenvalue weighted by Crippen LogP contribution is -2.60. The van der Waals surface area contributed by atoms with Gasteiger partial charge < -0.3 is 15.1 Å². The molecule has 0 bridgehead atoms. The van der Waals surface area contributed by atoms with Gasteiger partial charge in [0.1, 0.15) is 5.67 Å². The molecule has 3 unspecified atom stereocenters. The smallest absolute Gasteiger partial charge is 0.129 e. The van der Waals surface area contributed by atoms with E-state index < -0.39 is 11.1 Å². The fourth-order valence-corrected chi connectivity index (χ4v) is 8.78. The van der Waals surface area contributed by atoms with E-state index in [2.05, 4.69) is 133 Å². The van der Waals surface area contributed by atoms with Crippen LogP contribution >= 0.6 is 0 Å². The molecule has 2 saturated heterocycles. The molecule has 0 amide bonds. The third-order valence-electron chi connectivity index (χ3n) is 11.9. The van der Waals surface area contributed by atoms with E-state index in [0.717, 1.165) is 38.8 Å². The van der Waals surface area contributed by atoms with E-state index in [-0.39, 0.29) is 38.8 Å². The first-order valence-corrected chi connectivity index (χ1v) is 16.9. The number of hydrogen-bond donors (Lipinski definition) is 1. The van der Waals surface area contributed by atoms with Gasteiger partial charge in [0.15, 0.2) is 0 Å². The Morgan fingerprint density at radius 1 is 0.659 bits per heavy atom. The van der Waals surface area contributed by atoms with E-state index in [1.165, 1.54) is 0 Å². The Bertz CT molecular complexity index is 837. The minimum atomic E-state index is -1.30. The van der Waals surface area contributed by atoms with Crippen molar-refractivity contribution in [1.82, 2.24) is 15.1 Å². The average Bonchev–Trinajstić information content (AvgIpc) is 2.74. The maximum atomic E-state index is 17.9. The van der Waals surface area contributed by atoms with Gasteiger partial charge in [-0.2, -0.15) is 0 Å². The third kappa shape index (κ3) is 9.16. The standard InChI is InChI=1S/C35H70FN3.C2H6/c1-26-18-30(6,7)35(36,23-29(4,5)22-32(10,11)38(16)20-26)24-37-27-19-28(2,3)21-33(12,13)39(17)25-31(8,9)34(27,14)15;1-2/h26-27,37H,18-25H2,1-17H3;1-2H3. The second-order valence-corrected chi connectivity index (χ2v) is 19.1. The number of rotatable bonds is 3. The van der Waals surface area contributed by atoms with Crippen LogP contribution in [-0.4, -0.2) is 66.3 Å². The van der Waals surface area contributed by atoms with E-state index in [1.54, 1.807) is 0 Å². The monoisotopic (exact) mass is 582 g/mol. The summed E-state index contributed by atoms with van der Waals surface area (Å²) in [5, 5.41) is 3.99. The summed E-state index contributed by atoms with van der Waals surface area (Å²) in [6.07, 6.45) is 4.64. The summed E-state index contributed by atoms with van der Waals surface area (Å²) < 4.78 is 17.9. The predicted octanol–water partition coefficient (Wildman–Crippen LogP) is 9.84. The quantitative estimate of drug-likeness (QED) is 0.358. The molecule has 41 heavy (non-hydrogen) atoms.